The van der Waals surface area contributed by atoms with Gasteiger partial charge in [0.25, 0.3) is 0 Å². The van der Waals surface area contributed by atoms with Gasteiger partial charge in [0, 0.05) is 11.6 Å². The lowest BCUT2D eigenvalue weighted by Crippen LogP contribution is -2.23. The van der Waals surface area contributed by atoms with E-state index in [0.717, 1.165) is 5.56 Å². The summed E-state index contributed by atoms with van der Waals surface area (Å²) in [6, 6.07) is 12.5. The number of rotatable bonds is 8. The molecule has 1 unspecified atom stereocenters. The number of nitrogens with one attached hydrogen (secondary N) is 1. The summed E-state index contributed by atoms with van der Waals surface area (Å²) in [5.41, 5.74) is 1.31. The Bertz CT molecular complexity index is 1070. The van der Waals surface area contributed by atoms with Gasteiger partial charge in [0.05, 0.1) is 28.6 Å². The summed E-state index contributed by atoms with van der Waals surface area (Å²) in [7, 11) is 1.61. The maximum atomic E-state index is 12.7. The molecule has 3 rings (SSSR count). The highest BCUT2D eigenvalue weighted by Gasteiger charge is 2.22. The number of benzene rings is 2. The zero-order valence-electron chi connectivity index (χ0n) is 16.4. The molecule has 1 aromatic heterocycles. The largest absolute Gasteiger partial charge is 0.496 e. The number of aromatic nitrogens is 3. The standard InChI is InChI=1S/C21H20Cl2N4O2S/c1-4-11-27-19(15-7-5-6-8-18(15)29-3)25-26-21(27)30-13(2)20(28)24-17-10-9-14(22)12-16(17)23/h4-10,12-13H,1,11H2,2-3H3,(H,24,28). The number of methoxy groups -OCH3 is 1. The average Bonchev–Trinajstić information content (AvgIpc) is 3.12. The summed E-state index contributed by atoms with van der Waals surface area (Å²) in [5.74, 6) is 1.12. The van der Waals surface area contributed by atoms with Crippen molar-refractivity contribution in [3.8, 4) is 17.1 Å². The number of anilines is 1. The normalized spacial score (nSPS) is 11.7. The van der Waals surface area contributed by atoms with Gasteiger partial charge in [0.1, 0.15) is 5.75 Å². The molecular formula is C21H20Cl2N4O2S. The molecule has 0 aliphatic heterocycles. The van der Waals surface area contributed by atoms with Crippen LogP contribution >= 0.6 is 35.0 Å². The molecule has 1 atom stereocenters. The molecule has 2 aromatic carbocycles. The third-order valence-electron chi connectivity index (χ3n) is 4.22. The summed E-state index contributed by atoms with van der Waals surface area (Å²) in [5, 5.41) is 12.5. The molecule has 30 heavy (non-hydrogen) atoms. The van der Waals surface area contributed by atoms with Gasteiger partial charge in [-0.1, -0.05) is 53.2 Å². The monoisotopic (exact) mass is 462 g/mol. The number of para-hydroxylation sites is 1. The number of amides is 1. The smallest absolute Gasteiger partial charge is 0.237 e. The van der Waals surface area contributed by atoms with Crippen LogP contribution in [0.2, 0.25) is 10.0 Å². The minimum absolute atomic E-state index is 0.212. The van der Waals surface area contributed by atoms with Crippen LogP contribution in [0, 0.1) is 0 Å². The van der Waals surface area contributed by atoms with Crippen molar-refractivity contribution in [3.63, 3.8) is 0 Å². The van der Waals surface area contributed by atoms with Crippen molar-refractivity contribution in [2.75, 3.05) is 12.4 Å². The van der Waals surface area contributed by atoms with Crippen LogP contribution < -0.4 is 10.1 Å². The third-order valence-corrected chi connectivity index (χ3v) is 5.85. The minimum Gasteiger partial charge on any atom is -0.496 e. The van der Waals surface area contributed by atoms with E-state index in [1.165, 1.54) is 11.8 Å². The summed E-state index contributed by atoms with van der Waals surface area (Å²) in [6.45, 7) is 6.10. The van der Waals surface area contributed by atoms with Crippen LogP contribution in [0.1, 0.15) is 6.92 Å². The Hall–Kier alpha value is -2.48. The number of carbonyl (C=O) groups excluding carboxylic acids is 1. The van der Waals surface area contributed by atoms with Gasteiger partial charge in [0.2, 0.25) is 5.91 Å². The molecule has 0 saturated heterocycles. The zero-order chi connectivity index (χ0) is 21.7. The van der Waals surface area contributed by atoms with Crippen molar-refractivity contribution in [3.05, 3.63) is 65.2 Å². The predicted molar refractivity (Wildman–Crippen MR) is 123 cm³/mol. The Morgan fingerprint density at radius 2 is 2.07 bits per heavy atom. The molecule has 0 spiro atoms. The number of thioether (sulfide) groups is 1. The Morgan fingerprint density at radius 3 is 2.77 bits per heavy atom. The molecule has 0 aliphatic rings. The summed E-state index contributed by atoms with van der Waals surface area (Å²) in [6.07, 6.45) is 1.75. The second-order valence-corrected chi connectivity index (χ2v) is 8.43. The first kappa shape index (κ1) is 22.2. The van der Waals surface area contributed by atoms with Gasteiger partial charge in [-0.3, -0.25) is 9.36 Å². The van der Waals surface area contributed by atoms with Gasteiger partial charge in [-0.2, -0.15) is 0 Å². The van der Waals surface area contributed by atoms with Gasteiger partial charge in [-0.25, -0.2) is 0 Å². The van der Waals surface area contributed by atoms with E-state index in [9.17, 15) is 4.79 Å². The second-order valence-electron chi connectivity index (χ2n) is 6.28. The lowest BCUT2D eigenvalue weighted by Gasteiger charge is -2.14. The first-order chi connectivity index (χ1) is 14.4. The fraction of sp³-hybridized carbons (Fsp3) is 0.190. The van der Waals surface area contributed by atoms with Crippen molar-refractivity contribution in [1.82, 2.24) is 14.8 Å². The predicted octanol–water partition coefficient (Wildman–Crippen LogP) is 5.57. The maximum absolute atomic E-state index is 12.7. The van der Waals surface area contributed by atoms with E-state index in [-0.39, 0.29) is 5.91 Å². The molecule has 1 heterocycles. The first-order valence-electron chi connectivity index (χ1n) is 9.04. The molecule has 1 amide bonds. The Morgan fingerprint density at radius 1 is 1.30 bits per heavy atom. The van der Waals surface area contributed by atoms with E-state index in [4.69, 9.17) is 27.9 Å². The van der Waals surface area contributed by atoms with Crippen LogP contribution in [0.5, 0.6) is 5.75 Å². The van der Waals surface area contributed by atoms with Crippen molar-refractivity contribution < 1.29 is 9.53 Å². The molecule has 0 radical (unpaired) electrons. The summed E-state index contributed by atoms with van der Waals surface area (Å²) >= 11 is 13.4. The van der Waals surface area contributed by atoms with E-state index >= 15 is 0 Å². The SMILES string of the molecule is C=CCn1c(SC(C)C(=O)Nc2ccc(Cl)cc2Cl)nnc1-c1ccccc1OC. The summed E-state index contributed by atoms with van der Waals surface area (Å²) in [4.78, 5) is 12.7. The minimum atomic E-state index is -0.449. The molecular weight excluding hydrogens is 443 g/mol. The van der Waals surface area contributed by atoms with Crippen molar-refractivity contribution >= 4 is 46.6 Å². The highest BCUT2D eigenvalue weighted by molar-refractivity contribution is 8.00. The van der Waals surface area contributed by atoms with E-state index in [1.807, 2.05) is 28.8 Å². The number of hydrogen-bond donors (Lipinski definition) is 1. The van der Waals surface area contributed by atoms with Gasteiger partial charge in [-0.15, -0.1) is 16.8 Å². The number of hydrogen-bond acceptors (Lipinski definition) is 5. The quantitative estimate of drug-likeness (QED) is 0.350. The number of nitrogens with zero attached hydrogens (tertiary/aromatic N) is 3. The van der Waals surface area contributed by atoms with Gasteiger partial charge >= 0.3 is 0 Å². The van der Waals surface area contributed by atoms with Crippen LogP contribution in [0.4, 0.5) is 5.69 Å². The molecule has 0 aliphatic carbocycles. The van der Waals surface area contributed by atoms with Crippen LogP contribution in [0.15, 0.2) is 60.3 Å². The van der Waals surface area contributed by atoms with Gasteiger partial charge in [-0.05, 0) is 37.3 Å². The fourth-order valence-electron chi connectivity index (χ4n) is 2.74. The zero-order valence-corrected chi connectivity index (χ0v) is 18.8. The van der Waals surface area contributed by atoms with E-state index in [0.29, 0.717) is 39.0 Å². The van der Waals surface area contributed by atoms with Crippen LogP contribution in [0.25, 0.3) is 11.4 Å². The fourth-order valence-corrected chi connectivity index (χ4v) is 4.05. The number of ether oxygens (including phenoxy) is 1. The number of carbonyl (C=O) groups is 1. The summed E-state index contributed by atoms with van der Waals surface area (Å²) < 4.78 is 7.35. The number of halogens is 2. The van der Waals surface area contributed by atoms with Crippen molar-refractivity contribution in [2.24, 2.45) is 0 Å². The average molecular weight is 463 g/mol. The van der Waals surface area contributed by atoms with E-state index < -0.39 is 5.25 Å². The highest BCUT2D eigenvalue weighted by atomic mass is 35.5. The Labute approximate surface area is 189 Å². The van der Waals surface area contributed by atoms with Crippen LogP contribution in [-0.2, 0) is 11.3 Å². The molecule has 0 bridgehead atoms. The maximum Gasteiger partial charge on any atom is 0.237 e. The Balaban J connectivity index is 1.82. The van der Waals surface area contributed by atoms with Gasteiger partial charge < -0.3 is 10.1 Å². The molecule has 0 saturated carbocycles. The molecule has 156 valence electrons. The van der Waals surface area contributed by atoms with Crippen molar-refractivity contribution in [2.45, 2.75) is 23.9 Å². The molecule has 6 nitrogen and oxygen atoms in total. The lowest BCUT2D eigenvalue weighted by atomic mass is 10.2. The Kier molecular flexibility index (Phi) is 7.42. The first-order valence-corrected chi connectivity index (χ1v) is 10.7. The highest BCUT2D eigenvalue weighted by Crippen LogP contribution is 2.32. The van der Waals surface area contributed by atoms with Crippen LogP contribution in [0.3, 0.4) is 0 Å². The molecule has 9 heteroatoms. The third kappa shape index (κ3) is 4.98. The number of allylic oxidation sites excluding steroid dienone is 1. The van der Waals surface area contributed by atoms with Crippen molar-refractivity contribution in [1.29, 1.82) is 0 Å². The van der Waals surface area contributed by atoms with Gasteiger partial charge in [0.15, 0.2) is 11.0 Å². The molecule has 1 N–H and O–H groups in total. The molecule has 3 aromatic rings. The molecule has 0 fully saturated rings. The van der Waals surface area contributed by atoms with Crippen LogP contribution in [-0.4, -0.2) is 33.0 Å². The second kappa shape index (κ2) is 10.0. The lowest BCUT2D eigenvalue weighted by molar-refractivity contribution is -0.115. The van der Waals surface area contributed by atoms with E-state index in [2.05, 4.69) is 22.1 Å². The topological polar surface area (TPSA) is 69.0 Å². The van der Waals surface area contributed by atoms with E-state index in [1.54, 1.807) is 38.3 Å².